The standard InChI is InChI=1S/C12H12O.C3H6/c1-4-10-9(3)13-12-6-5-8(2)7-11(10)12;1-3-2/h4-7H,1H2,2-3H3;3H,1H2,2H3. The molecule has 1 aromatic heterocycles. The Morgan fingerprint density at radius 3 is 2.38 bits per heavy atom. The molecule has 0 atom stereocenters. The zero-order valence-electron chi connectivity index (χ0n) is 10.2. The molecule has 0 aliphatic heterocycles. The minimum atomic E-state index is 0.940. The first-order valence-electron chi connectivity index (χ1n) is 5.33. The fraction of sp³-hybridized carbons (Fsp3) is 0.200. The fourth-order valence-electron chi connectivity index (χ4n) is 1.61. The number of hydrogen-bond donors (Lipinski definition) is 0. The Balaban J connectivity index is 0.000000386. The molecule has 0 saturated carbocycles. The lowest BCUT2D eigenvalue weighted by atomic mass is 10.1. The van der Waals surface area contributed by atoms with Crippen LogP contribution in [0.1, 0.15) is 23.8 Å². The lowest BCUT2D eigenvalue weighted by Gasteiger charge is -1.92. The molecule has 84 valence electrons. The van der Waals surface area contributed by atoms with E-state index in [1.165, 1.54) is 5.56 Å². The number of hydrogen-bond acceptors (Lipinski definition) is 1. The second-order valence-corrected chi connectivity index (χ2v) is 3.68. The van der Waals surface area contributed by atoms with E-state index in [1.54, 1.807) is 6.08 Å². The minimum Gasteiger partial charge on any atom is -0.461 e. The molecule has 0 unspecified atom stereocenters. The van der Waals surface area contributed by atoms with Crippen molar-refractivity contribution in [2.24, 2.45) is 0 Å². The number of benzene rings is 1. The van der Waals surface area contributed by atoms with Gasteiger partial charge < -0.3 is 4.42 Å². The second kappa shape index (κ2) is 5.36. The van der Waals surface area contributed by atoms with Crippen molar-refractivity contribution < 1.29 is 4.42 Å². The molecule has 1 aromatic carbocycles. The molecule has 0 aliphatic rings. The van der Waals surface area contributed by atoms with E-state index >= 15 is 0 Å². The van der Waals surface area contributed by atoms with Gasteiger partial charge in [-0.15, -0.1) is 6.58 Å². The van der Waals surface area contributed by atoms with Gasteiger partial charge in [-0.1, -0.05) is 30.4 Å². The third kappa shape index (κ3) is 2.43. The number of rotatable bonds is 1. The summed E-state index contributed by atoms with van der Waals surface area (Å²) in [6, 6.07) is 6.19. The van der Waals surface area contributed by atoms with Gasteiger partial charge in [0.2, 0.25) is 0 Å². The molecule has 0 bridgehead atoms. The van der Waals surface area contributed by atoms with E-state index in [-0.39, 0.29) is 0 Å². The van der Waals surface area contributed by atoms with E-state index in [9.17, 15) is 0 Å². The molecule has 0 radical (unpaired) electrons. The molecule has 0 N–H and O–H groups in total. The Hall–Kier alpha value is -1.76. The van der Waals surface area contributed by atoms with E-state index in [2.05, 4.69) is 32.2 Å². The topological polar surface area (TPSA) is 13.1 Å². The molecule has 1 heteroatoms. The maximum atomic E-state index is 5.57. The summed E-state index contributed by atoms with van der Waals surface area (Å²) >= 11 is 0. The van der Waals surface area contributed by atoms with Gasteiger partial charge >= 0.3 is 0 Å². The van der Waals surface area contributed by atoms with Gasteiger partial charge in [0.25, 0.3) is 0 Å². The van der Waals surface area contributed by atoms with E-state index < -0.39 is 0 Å². The summed E-state index contributed by atoms with van der Waals surface area (Å²) in [5.74, 6) is 0.940. The lowest BCUT2D eigenvalue weighted by Crippen LogP contribution is -1.73. The predicted octanol–water partition coefficient (Wildman–Crippen LogP) is 4.88. The molecule has 0 saturated heterocycles. The van der Waals surface area contributed by atoms with Gasteiger partial charge in [0.05, 0.1) is 0 Å². The molecule has 1 heterocycles. The van der Waals surface area contributed by atoms with Gasteiger partial charge in [-0.3, -0.25) is 0 Å². The lowest BCUT2D eigenvalue weighted by molar-refractivity contribution is 0.577. The molecule has 2 rings (SSSR count). The molecular weight excluding hydrogens is 196 g/mol. The fourth-order valence-corrected chi connectivity index (χ4v) is 1.61. The van der Waals surface area contributed by atoms with Crippen molar-refractivity contribution in [2.75, 3.05) is 0 Å². The SMILES string of the molecule is C=CC.C=Cc1c(C)oc2ccc(C)cc12. The molecule has 16 heavy (non-hydrogen) atoms. The summed E-state index contributed by atoms with van der Waals surface area (Å²) in [6.45, 7) is 13.1. The second-order valence-electron chi connectivity index (χ2n) is 3.68. The Morgan fingerprint density at radius 2 is 1.81 bits per heavy atom. The first-order chi connectivity index (χ1) is 7.63. The van der Waals surface area contributed by atoms with Crippen LogP contribution in [0.3, 0.4) is 0 Å². The van der Waals surface area contributed by atoms with Gasteiger partial charge in [0, 0.05) is 10.9 Å². The third-order valence-corrected chi connectivity index (χ3v) is 2.27. The van der Waals surface area contributed by atoms with Gasteiger partial charge in [-0.25, -0.2) is 0 Å². The van der Waals surface area contributed by atoms with Crippen molar-refractivity contribution in [1.82, 2.24) is 0 Å². The predicted molar refractivity (Wildman–Crippen MR) is 71.7 cm³/mol. The Bertz CT molecular complexity index is 503. The summed E-state index contributed by atoms with van der Waals surface area (Å²) in [7, 11) is 0. The highest BCUT2D eigenvalue weighted by Crippen LogP contribution is 2.26. The molecule has 0 fully saturated rings. The summed E-state index contributed by atoms with van der Waals surface area (Å²) < 4.78 is 5.57. The Labute approximate surface area is 97.1 Å². The Kier molecular flexibility index (Phi) is 4.12. The van der Waals surface area contributed by atoms with Crippen LogP contribution in [0.15, 0.2) is 41.9 Å². The van der Waals surface area contributed by atoms with Crippen molar-refractivity contribution in [3.8, 4) is 0 Å². The summed E-state index contributed by atoms with van der Waals surface area (Å²) in [4.78, 5) is 0. The molecule has 1 nitrogen and oxygen atoms in total. The highest BCUT2D eigenvalue weighted by atomic mass is 16.3. The van der Waals surface area contributed by atoms with E-state index in [4.69, 9.17) is 4.42 Å². The van der Waals surface area contributed by atoms with E-state index in [1.807, 2.05) is 26.0 Å². The Morgan fingerprint density at radius 1 is 1.19 bits per heavy atom. The van der Waals surface area contributed by atoms with Gasteiger partial charge in [-0.2, -0.15) is 0 Å². The van der Waals surface area contributed by atoms with E-state index in [0.717, 1.165) is 22.3 Å². The third-order valence-electron chi connectivity index (χ3n) is 2.27. The van der Waals surface area contributed by atoms with Crippen LogP contribution in [0.25, 0.3) is 17.0 Å². The molecular formula is C15H18O. The van der Waals surface area contributed by atoms with Crippen molar-refractivity contribution >= 4 is 17.0 Å². The molecule has 0 amide bonds. The molecule has 2 aromatic rings. The quantitative estimate of drug-likeness (QED) is 0.616. The number of aryl methyl sites for hydroxylation is 2. The zero-order valence-corrected chi connectivity index (χ0v) is 10.2. The van der Waals surface area contributed by atoms with Gasteiger partial charge in [0.15, 0.2) is 0 Å². The van der Waals surface area contributed by atoms with Crippen molar-refractivity contribution in [2.45, 2.75) is 20.8 Å². The highest BCUT2D eigenvalue weighted by molar-refractivity contribution is 5.88. The highest BCUT2D eigenvalue weighted by Gasteiger charge is 2.06. The van der Waals surface area contributed by atoms with Crippen LogP contribution in [0, 0.1) is 13.8 Å². The zero-order chi connectivity index (χ0) is 12.1. The largest absolute Gasteiger partial charge is 0.461 e. The average molecular weight is 214 g/mol. The first-order valence-corrected chi connectivity index (χ1v) is 5.33. The van der Waals surface area contributed by atoms with Crippen LogP contribution < -0.4 is 0 Å². The van der Waals surface area contributed by atoms with Crippen LogP contribution in [0.4, 0.5) is 0 Å². The van der Waals surface area contributed by atoms with E-state index in [0.29, 0.717) is 0 Å². The van der Waals surface area contributed by atoms with Crippen LogP contribution in [0.2, 0.25) is 0 Å². The number of allylic oxidation sites excluding steroid dienone is 1. The normalized spacial score (nSPS) is 9.44. The monoisotopic (exact) mass is 214 g/mol. The average Bonchev–Trinajstić information content (AvgIpc) is 2.54. The summed E-state index contributed by atoms with van der Waals surface area (Å²) in [5, 5.41) is 1.16. The molecule has 0 aliphatic carbocycles. The maximum Gasteiger partial charge on any atom is 0.134 e. The maximum absolute atomic E-state index is 5.57. The molecule has 0 spiro atoms. The summed E-state index contributed by atoms with van der Waals surface area (Å²) in [6.07, 6.45) is 3.60. The van der Waals surface area contributed by atoms with Crippen molar-refractivity contribution in [1.29, 1.82) is 0 Å². The van der Waals surface area contributed by atoms with Crippen LogP contribution in [0.5, 0.6) is 0 Å². The van der Waals surface area contributed by atoms with Gasteiger partial charge in [-0.05, 0) is 32.9 Å². The summed E-state index contributed by atoms with van der Waals surface area (Å²) in [5.41, 5.74) is 3.30. The van der Waals surface area contributed by atoms with Gasteiger partial charge in [0.1, 0.15) is 11.3 Å². The van der Waals surface area contributed by atoms with Crippen molar-refractivity contribution in [3.05, 3.63) is 54.3 Å². The van der Waals surface area contributed by atoms with Crippen molar-refractivity contribution in [3.63, 3.8) is 0 Å². The first kappa shape index (κ1) is 12.3. The van der Waals surface area contributed by atoms with Crippen LogP contribution in [-0.2, 0) is 0 Å². The van der Waals surface area contributed by atoms with Crippen LogP contribution in [-0.4, -0.2) is 0 Å². The number of furan rings is 1. The number of fused-ring (bicyclic) bond motifs is 1. The minimum absolute atomic E-state index is 0.940. The smallest absolute Gasteiger partial charge is 0.134 e. The van der Waals surface area contributed by atoms with Crippen LogP contribution >= 0.6 is 0 Å².